The molecule has 13 heteroatoms. The Balaban J connectivity index is 1.60. The minimum atomic E-state index is -0.980. The molecule has 0 saturated heterocycles. The first kappa shape index (κ1) is 23.1. The van der Waals surface area contributed by atoms with Crippen LogP contribution in [0.2, 0.25) is 0 Å². The van der Waals surface area contributed by atoms with Crippen molar-refractivity contribution in [3.05, 3.63) is 58.4 Å². The number of aromatic nitrogens is 2. The van der Waals surface area contributed by atoms with Crippen molar-refractivity contribution in [3.63, 3.8) is 0 Å². The van der Waals surface area contributed by atoms with Crippen LogP contribution in [0, 0.1) is 15.9 Å². The van der Waals surface area contributed by atoms with Crippen molar-refractivity contribution >= 4 is 62.8 Å². The molecule has 10 nitrogen and oxygen atoms in total. The van der Waals surface area contributed by atoms with Gasteiger partial charge in [-0.2, -0.15) is 4.39 Å². The normalized spacial score (nSPS) is 11.5. The highest BCUT2D eigenvalue weighted by atomic mass is 32.2. The zero-order valence-corrected chi connectivity index (χ0v) is 18.4. The molecular weight excluding hydrogens is 459 g/mol. The summed E-state index contributed by atoms with van der Waals surface area (Å²) in [5.74, 6) is -1.59. The highest BCUT2D eigenvalue weighted by molar-refractivity contribution is 8.02. The minimum Gasteiger partial charge on any atom is -0.330 e. The second-order valence-electron chi connectivity index (χ2n) is 6.43. The first-order valence-electron chi connectivity index (χ1n) is 9.11. The summed E-state index contributed by atoms with van der Waals surface area (Å²) in [6.07, 6.45) is 0. The van der Waals surface area contributed by atoms with Crippen molar-refractivity contribution in [3.8, 4) is 0 Å². The Kier molecular flexibility index (Phi) is 7.33. The van der Waals surface area contributed by atoms with E-state index < -0.39 is 27.6 Å². The van der Waals surface area contributed by atoms with Gasteiger partial charge in [0.2, 0.25) is 22.8 Å². The predicted octanol–water partition coefficient (Wildman–Crippen LogP) is 4.41. The van der Waals surface area contributed by atoms with Gasteiger partial charge >= 0.3 is 5.69 Å². The van der Waals surface area contributed by atoms with Gasteiger partial charge in [0.25, 0.3) is 0 Å². The van der Waals surface area contributed by atoms with Crippen LogP contribution in [0.1, 0.15) is 13.8 Å². The van der Waals surface area contributed by atoms with Gasteiger partial charge in [0.1, 0.15) is 0 Å². The number of nitrogens with one attached hydrogen (secondary N) is 3. The molecular formula is C19H17FN6O4S2. The van der Waals surface area contributed by atoms with E-state index in [1.165, 1.54) is 24.3 Å². The number of rotatable bonds is 8. The smallest absolute Gasteiger partial charge is 0.306 e. The van der Waals surface area contributed by atoms with Gasteiger partial charge in [0, 0.05) is 30.1 Å². The lowest BCUT2D eigenvalue weighted by molar-refractivity contribution is -0.387. The van der Waals surface area contributed by atoms with Crippen molar-refractivity contribution in [2.24, 2.45) is 0 Å². The number of hydrogen-bond donors (Lipinski definition) is 3. The van der Waals surface area contributed by atoms with E-state index in [9.17, 15) is 24.1 Å². The summed E-state index contributed by atoms with van der Waals surface area (Å²) in [5, 5.41) is 27.1. The molecule has 2 amide bonds. The summed E-state index contributed by atoms with van der Waals surface area (Å²) in [6, 6.07) is 10.2. The number of halogens is 1. The fourth-order valence-corrected chi connectivity index (χ4v) is 4.40. The molecule has 0 aliphatic rings. The second kappa shape index (κ2) is 10.2. The molecule has 0 aliphatic heterocycles. The number of benzene rings is 2. The average molecular weight is 477 g/mol. The lowest BCUT2D eigenvalue weighted by Crippen LogP contribution is -2.22. The summed E-state index contributed by atoms with van der Waals surface area (Å²) >= 11 is 2.39. The van der Waals surface area contributed by atoms with Crippen LogP contribution in [-0.2, 0) is 9.59 Å². The number of thioether (sulfide) groups is 1. The van der Waals surface area contributed by atoms with Gasteiger partial charge < -0.3 is 16.0 Å². The third kappa shape index (κ3) is 6.21. The van der Waals surface area contributed by atoms with Crippen LogP contribution >= 0.6 is 23.1 Å². The molecule has 0 fully saturated rings. The predicted molar refractivity (Wildman–Crippen MR) is 121 cm³/mol. The lowest BCUT2D eigenvalue weighted by atomic mass is 10.2. The van der Waals surface area contributed by atoms with E-state index in [0.717, 1.165) is 23.9 Å². The topological polar surface area (TPSA) is 139 Å². The Morgan fingerprint density at radius 3 is 2.56 bits per heavy atom. The van der Waals surface area contributed by atoms with E-state index in [1.807, 2.05) is 0 Å². The van der Waals surface area contributed by atoms with Gasteiger partial charge in [0.05, 0.1) is 10.2 Å². The number of nitro benzene ring substituents is 1. The van der Waals surface area contributed by atoms with E-state index in [4.69, 9.17) is 0 Å². The molecule has 0 saturated carbocycles. The van der Waals surface area contributed by atoms with E-state index in [1.54, 1.807) is 31.2 Å². The van der Waals surface area contributed by atoms with Gasteiger partial charge in [-0.15, -0.1) is 10.2 Å². The SMILES string of the molecule is CC(=O)Nc1cccc(Nc2nnc(SC(C)C(=O)Nc3ccc(F)c([N+](=O)[O-])c3)s2)c1. The van der Waals surface area contributed by atoms with Gasteiger partial charge in [-0.1, -0.05) is 29.2 Å². The largest absolute Gasteiger partial charge is 0.330 e. The number of nitro groups is 1. The number of anilines is 4. The van der Waals surface area contributed by atoms with Gasteiger partial charge in [-0.3, -0.25) is 19.7 Å². The average Bonchev–Trinajstić information content (AvgIpc) is 3.15. The summed E-state index contributed by atoms with van der Waals surface area (Å²) in [6.45, 7) is 3.06. The van der Waals surface area contributed by atoms with Crippen LogP contribution in [0.3, 0.4) is 0 Å². The third-order valence-corrected chi connectivity index (χ3v) is 5.92. The monoisotopic (exact) mass is 476 g/mol. The molecule has 2 aromatic carbocycles. The van der Waals surface area contributed by atoms with Crippen molar-refractivity contribution < 1.29 is 18.9 Å². The molecule has 166 valence electrons. The number of amides is 2. The van der Waals surface area contributed by atoms with Crippen molar-refractivity contribution in [2.45, 2.75) is 23.4 Å². The van der Waals surface area contributed by atoms with Crippen molar-refractivity contribution in [1.29, 1.82) is 0 Å². The molecule has 1 atom stereocenters. The Labute approximate surface area is 189 Å². The van der Waals surface area contributed by atoms with Gasteiger partial charge in [-0.05, 0) is 37.3 Å². The fourth-order valence-electron chi connectivity index (χ4n) is 2.49. The van der Waals surface area contributed by atoms with Gasteiger partial charge in [-0.25, -0.2) is 0 Å². The summed E-state index contributed by atoms with van der Waals surface area (Å²) in [7, 11) is 0. The number of nitrogens with zero attached hydrogens (tertiary/aromatic N) is 3. The molecule has 0 spiro atoms. The van der Waals surface area contributed by atoms with Crippen LogP contribution < -0.4 is 16.0 Å². The Hall–Kier alpha value is -3.58. The molecule has 0 aliphatic carbocycles. The van der Waals surface area contributed by atoms with Crippen LogP contribution in [-0.4, -0.2) is 32.2 Å². The standard InChI is InChI=1S/C19H17FN6O4S2/c1-10(17(28)22-14-6-7-15(20)16(9-14)26(29)30)31-19-25-24-18(32-19)23-13-5-3-4-12(8-13)21-11(2)27/h3-10H,1-2H3,(H,21,27)(H,22,28)(H,23,24). The highest BCUT2D eigenvalue weighted by Gasteiger charge is 2.20. The molecule has 1 unspecified atom stereocenters. The quantitative estimate of drug-likeness (QED) is 0.247. The first-order valence-corrected chi connectivity index (χ1v) is 10.8. The number of carbonyl (C=O) groups excluding carboxylic acids is 2. The Morgan fingerprint density at radius 1 is 1.12 bits per heavy atom. The molecule has 3 aromatic rings. The number of hydrogen-bond acceptors (Lipinski definition) is 9. The highest BCUT2D eigenvalue weighted by Crippen LogP contribution is 2.31. The molecule has 0 radical (unpaired) electrons. The lowest BCUT2D eigenvalue weighted by Gasteiger charge is -2.10. The maximum Gasteiger partial charge on any atom is 0.306 e. The Morgan fingerprint density at radius 2 is 1.84 bits per heavy atom. The van der Waals surface area contributed by atoms with Crippen LogP contribution in [0.15, 0.2) is 46.8 Å². The van der Waals surface area contributed by atoms with Crippen molar-refractivity contribution in [2.75, 3.05) is 16.0 Å². The molecule has 32 heavy (non-hydrogen) atoms. The van der Waals surface area contributed by atoms with E-state index in [2.05, 4.69) is 26.1 Å². The summed E-state index contributed by atoms with van der Waals surface area (Å²) < 4.78 is 14.0. The molecule has 1 heterocycles. The van der Waals surface area contributed by atoms with Crippen LogP contribution in [0.25, 0.3) is 0 Å². The molecule has 1 aromatic heterocycles. The first-order chi connectivity index (χ1) is 15.2. The van der Waals surface area contributed by atoms with Crippen molar-refractivity contribution in [1.82, 2.24) is 10.2 Å². The second-order valence-corrected chi connectivity index (χ2v) is 9.00. The zero-order chi connectivity index (χ0) is 23.3. The van der Waals surface area contributed by atoms with E-state index in [0.29, 0.717) is 20.8 Å². The molecule has 3 N–H and O–H groups in total. The third-order valence-electron chi connectivity index (χ3n) is 3.90. The summed E-state index contributed by atoms with van der Waals surface area (Å²) in [5.41, 5.74) is 0.736. The van der Waals surface area contributed by atoms with E-state index in [-0.39, 0.29) is 11.6 Å². The molecule has 3 rings (SSSR count). The maximum absolute atomic E-state index is 13.4. The van der Waals surface area contributed by atoms with Crippen LogP contribution in [0.5, 0.6) is 0 Å². The zero-order valence-electron chi connectivity index (χ0n) is 16.8. The maximum atomic E-state index is 13.4. The Bertz CT molecular complexity index is 1170. The minimum absolute atomic E-state index is 0.120. The summed E-state index contributed by atoms with van der Waals surface area (Å²) in [4.78, 5) is 33.6. The van der Waals surface area contributed by atoms with Gasteiger partial charge in [0.15, 0.2) is 4.34 Å². The number of carbonyl (C=O) groups is 2. The van der Waals surface area contributed by atoms with Crippen LogP contribution in [0.4, 0.5) is 32.3 Å². The fraction of sp³-hybridized carbons (Fsp3) is 0.158. The van der Waals surface area contributed by atoms with E-state index >= 15 is 0 Å². The molecule has 0 bridgehead atoms.